The number of hydrogen-bond acceptors (Lipinski definition) is 4. The molecule has 0 fully saturated rings. The van der Waals surface area contributed by atoms with E-state index in [9.17, 15) is 4.79 Å². The Kier molecular flexibility index (Phi) is 3.91. The number of para-hydroxylation sites is 2. The summed E-state index contributed by atoms with van der Waals surface area (Å²) in [5, 5.41) is 3.27. The van der Waals surface area contributed by atoms with Crippen molar-refractivity contribution in [2.45, 2.75) is 26.8 Å². The van der Waals surface area contributed by atoms with Gasteiger partial charge in [0, 0.05) is 24.8 Å². The second kappa shape index (κ2) is 6.01. The maximum atomic E-state index is 12.0. The van der Waals surface area contributed by atoms with Gasteiger partial charge in [0.15, 0.2) is 0 Å². The van der Waals surface area contributed by atoms with E-state index in [-0.39, 0.29) is 5.69 Å². The van der Waals surface area contributed by atoms with Crippen molar-refractivity contribution in [2.75, 3.05) is 11.9 Å². The van der Waals surface area contributed by atoms with Crippen molar-refractivity contribution in [3.05, 3.63) is 52.3 Å². The summed E-state index contributed by atoms with van der Waals surface area (Å²) in [6.07, 6.45) is 0.875. The Morgan fingerprint density at radius 1 is 1.27 bits per heavy atom. The number of H-pyrrole nitrogens is 1. The molecule has 0 aliphatic heterocycles. The van der Waals surface area contributed by atoms with Crippen molar-refractivity contribution in [3.8, 4) is 0 Å². The van der Waals surface area contributed by atoms with E-state index in [1.165, 1.54) is 0 Å². The van der Waals surface area contributed by atoms with Gasteiger partial charge in [0.25, 0.3) is 0 Å². The van der Waals surface area contributed by atoms with E-state index in [1.54, 1.807) is 4.57 Å². The molecule has 3 aromatic rings. The number of aromatic nitrogens is 4. The second-order valence-corrected chi connectivity index (χ2v) is 5.17. The summed E-state index contributed by atoms with van der Waals surface area (Å²) in [5.74, 6) is 1.56. The lowest BCUT2D eigenvalue weighted by atomic mass is 10.3. The largest absolute Gasteiger partial charge is 0.368 e. The topological polar surface area (TPSA) is 75.6 Å². The van der Waals surface area contributed by atoms with Crippen LogP contribution in [-0.4, -0.2) is 26.1 Å². The predicted octanol–water partition coefficient (Wildman–Crippen LogP) is 2.10. The highest BCUT2D eigenvalue weighted by atomic mass is 16.1. The van der Waals surface area contributed by atoms with E-state index in [1.807, 2.05) is 37.3 Å². The first-order chi connectivity index (χ1) is 10.7. The Morgan fingerprint density at radius 2 is 2.09 bits per heavy atom. The molecule has 0 saturated heterocycles. The van der Waals surface area contributed by atoms with Gasteiger partial charge in [0.05, 0.1) is 11.0 Å². The zero-order chi connectivity index (χ0) is 15.5. The van der Waals surface area contributed by atoms with Gasteiger partial charge in [-0.25, -0.2) is 14.8 Å². The maximum Gasteiger partial charge on any atom is 0.326 e. The van der Waals surface area contributed by atoms with Gasteiger partial charge < -0.3 is 10.3 Å². The van der Waals surface area contributed by atoms with Crippen LogP contribution in [0, 0.1) is 6.92 Å². The monoisotopic (exact) mass is 297 g/mol. The highest BCUT2D eigenvalue weighted by Gasteiger charge is 2.06. The average Bonchev–Trinajstić information content (AvgIpc) is 2.83. The molecule has 22 heavy (non-hydrogen) atoms. The van der Waals surface area contributed by atoms with Crippen LogP contribution in [0.3, 0.4) is 0 Å². The highest BCUT2D eigenvalue weighted by Crippen LogP contribution is 2.10. The van der Waals surface area contributed by atoms with Gasteiger partial charge in [-0.3, -0.25) is 4.57 Å². The van der Waals surface area contributed by atoms with Crippen molar-refractivity contribution >= 4 is 16.9 Å². The summed E-state index contributed by atoms with van der Waals surface area (Å²) in [5.41, 5.74) is 2.71. The summed E-state index contributed by atoms with van der Waals surface area (Å²) in [6, 6.07) is 9.64. The number of imidazole rings is 1. The highest BCUT2D eigenvalue weighted by molar-refractivity contribution is 5.74. The van der Waals surface area contributed by atoms with Crippen LogP contribution in [0.5, 0.6) is 0 Å². The summed E-state index contributed by atoms with van der Waals surface area (Å²) in [7, 11) is 0. The molecular weight excluding hydrogens is 278 g/mol. The minimum atomic E-state index is -0.0869. The molecule has 0 atom stereocenters. The first-order valence-electron chi connectivity index (χ1n) is 7.43. The number of anilines is 1. The molecule has 0 aliphatic rings. The number of nitrogens with one attached hydrogen (secondary N) is 2. The molecule has 3 rings (SSSR count). The molecule has 2 heterocycles. The van der Waals surface area contributed by atoms with Crippen molar-refractivity contribution in [2.24, 2.45) is 0 Å². The van der Waals surface area contributed by atoms with Gasteiger partial charge in [-0.05, 0) is 25.5 Å². The fraction of sp³-hybridized carbons (Fsp3) is 0.312. The molecule has 0 radical (unpaired) electrons. The van der Waals surface area contributed by atoms with Crippen molar-refractivity contribution in [1.82, 2.24) is 19.5 Å². The van der Waals surface area contributed by atoms with Crippen LogP contribution in [-0.2, 0) is 13.0 Å². The average molecular weight is 297 g/mol. The minimum absolute atomic E-state index is 0.0869. The van der Waals surface area contributed by atoms with Crippen LogP contribution < -0.4 is 11.0 Å². The lowest BCUT2D eigenvalue weighted by Crippen LogP contribution is -2.21. The molecule has 0 aliphatic carbocycles. The first-order valence-corrected chi connectivity index (χ1v) is 7.43. The third-order valence-electron chi connectivity index (χ3n) is 3.58. The number of aryl methyl sites for hydroxylation is 2. The van der Waals surface area contributed by atoms with Gasteiger partial charge in [-0.1, -0.05) is 19.1 Å². The van der Waals surface area contributed by atoms with Crippen LogP contribution in [0.1, 0.15) is 18.4 Å². The number of nitrogens with zero attached hydrogens (tertiary/aromatic N) is 3. The van der Waals surface area contributed by atoms with Crippen LogP contribution in [0.2, 0.25) is 0 Å². The van der Waals surface area contributed by atoms with Crippen molar-refractivity contribution in [3.63, 3.8) is 0 Å². The van der Waals surface area contributed by atoms with Gasteiger partial charge in [-0.2, -0.15) is 0 Å². The van der Waals surface area contributed by atoms with E-state index in [0.29, 0.717) is 13.1 Å². The molecule has 6 heteroatoms. The number of benzene rings is 1. The van der Waals surface area contributed by atoms with Gasteiger partial charge in [0.2, 0.25) is 0 Å². The Balaban J connectivity index is 1.74. The SMILES string of the molecule is CCc1cc(NCCn2c(=O)[nH]c3ccccc32)nc(C)n1. The van der Waals surface area contributed by atoms with Crippen LogP contribution in [0.15, 0.2) is 35.1 Å². The summed E-state index contributed by atoms with van der Waals surface area (Å²) < 4.78 is 1.73. The quantitative estimate of drug-likeness (QED) is 0.756. The summed E-state index contributed by atoms with van der Waals surface area (Å²) >= 11 is 0. The van der Waals surface area contributed by atoms with E-state index >= 15 is 0 Å². The van der Waals surface area contributed by atoms with Gasteiger partial charge in [0.1, 0.15) is 11.6 Å². The van der Waals surface area contributed by atoms with Gasteiger partial charge in [-0.15, -0.1) is 0 Å². The Morgan fingerprint density at radius 3 is 2.91 bits per heavy atom. The molecule has 0 amide bonds. The Bertz CT molecular complexity index is 849. The van der Waals surface area contributed by atoms with Crippen LogP contribution in [0.25, 0.3) is 11.0 Å². The van der Waals surface area contributed by atoms with Crippen molar-refractivity contribution in [1.29, 1.82) is 0 Å². The maximum absolute atomic E-state index is 12.0. The molecule has 1 aromatic carbocycles. The van der Waals surface area contributed by atoms with E-state index in [4.69, 9.17) is 0 Å². The first kappa shape index (κ1) is 14.3. The molecule has 0 bridgehead atoms. The predicted molar refractivity (Wildman–Crippen MR) is 87.2 cm³/mol. The van der Waals surface area contributed by atoms with Crippen LogP contribution in [0.4, 0.5) is 5.82 Å². The van der Waals surface area contributed by atoms with Crippen LogP contribution >= 0.6 is 0 Å². The lowest BCUT2D eigenvalue weighted by molar-refractivity contribution is 0.718. The number of fused-ring (bicyclic) bond motifs is 1. The molecular formula is C16H19N5O. The molecule has 0 saturated carbocycles. The molecule has 2 aromatic heterocycles. The smallest absolute Gasteiger partial charge is 0.326 e. The zero-order valence-corrected chi connectivity index (χ0v) is 12.8. The molecule has 0 spiro atoms. The fourth-order valence-corrected chi connectivity index (χ4v) is 2.53. The number of hydrogen-bond donors (Lipinski definition) is 2. The van der Waals surface area contributed by atoms with Crippen molar-refractivity contribution < 1.29 is 0 Å². The standard InChI is InChI=1S/C16H19N5O/c1-3-12-10-15(19-11(2)18-12)17-8-9-21-14-7-5-4-6-13(14)20-16(21)22/h4-7,10H,3,8-9H2,1-2H3,(H,20,22)(H,17,18,19). The third kappa shape index (κ3) is 2.86. The minimum Gasteiger partial charge on any atom is -0.368 e. The summed E-state index contributed by atoms with van der Waals surface area (Å²) in [6.45, 7) is 5.15. The molecule has 0 unspecified atom stereocenters. The number of rotatable bonds is 5. The fourth-order valence-electron chi connectivity index (χ4n) is 2.53. The molecule has 114 valence electrons. The Labute approximate surface area is 128 Å². The third-order valence-corrected chi connectivity index (χ3v) is 3.58. The van der Waals surface area contributed by atoms with E-state index < -0.39 is 0 Å². The molecule has 6 nitrogen and oxygen atoms in total. The second-order valence-electron chi connectivity index (χ2n) is 5.17. The van der Waals surface area contributed by atoms with E-state index in [2.05, 4.69) is 27.2 Å². The Hall–Kier alpha value is -2.63. The lowest BCUT2D eigenvalue weighted by Gasteiger charge is -2.08. The summed E-state index contributed by atoms with van der Waals surface area (Å²) in [4.78, 5) is 23.6. The van der Waals surface area contributed by atoms with E-state index in [0.717, 1.165) is 34.8 Å². The molecule has 2 N–H and O–H groups in total. The normalized spacial score (nSPS) is 11.0. The van der Waals surface area contributed by atoms with Gasteiger partial charge >= 0.3 is 5.69 Å². The number of aromatic amines is 1. The zero-order valence-electron chi connectivity index (χ0n) is 12.8.